The standard InChI is InChI=1S/C10H9ClN2S2/c1-7-2-4-8(5-3-7)6-14-10-12-9(11)15-13-10/h2-5H,6H2,1H3. The van der Waals surface area contributed by atoms with Crippen molar-refractivity contribution in [3.63, 3.8) is 0 Å². The summed E-state index contributed by atoms with van der Waals surface area (Å²) in [7, 11) is 0. The average molecular weight is 257 g/mol. The number of nitrogens with zero attached hydrogens (tertiary/aromatic N) is 2. The van der Waals surface area contributed by atoms with Gasteiger partial charge in [0.1, 0.15) is 0 Å². The van der Waals surface area contributed by atoms with Crippen LogP contribution in [0.15, 0.2) is 29.4 Å². The summed E-state index contributed by atoms with van der Waals surface area (Å²) in [5.74, 6) is 0.882. The summed E-state index contributed by atoms with van der Waals surface area (Å²) in [4.78, 5) is 4.08. The van der Waals surface area contributed by atoms with Crippen molar-refractivity contribution < 1.29 is 0 Å². The molecule has 0 unspecified atom stereocenters. The van der Waals surface area contributed by atoms with Crippen LogP contribution >= 0.6 is 34.9 Å². The van der Waals surface area contributed by atoms with Crippen LogP contribution in [0.1, 0.15) is 11.1 Å². The largest absolute Gasteiger partial charge is 0.204 e. The molecular formula is C10H9ClN2S2. The van der Waals surface area contributed by atoms with Crippen molar-refractivity contribution in [1.82, 2.24) is 9.36 Å². The van der Waals surface area contributed by atoms with Gasteiger partial charge in [-0.2, -0.15) is 9.36 Å². The predicted octanol–water partition coefficient (Wildman–Crippen LogP) is 3.79. The molecule has 0 aliphatic heterocycles. The van der Waals surface area contributed by atoms with Crippen LogP contribution in [0.5, 0.6) is 0 Å². The maximum Gasteiger partial charge on any atom is 0.204 e. The molecule has 15 heavy (non-hydrogen) atoms. The van der Waals surface area contributed by atoms with Crippen molar-refractivity contribution in [3.8, 4) is 0 Å². The van der Waals surface area contributed by atoms with Gasteiger partial charge in [-0.25, -0.2) is 0 Å². The first-order valence-electron chi connectivity index (χ1n) is 4.41. The Bertz CT molecular complexity index is 439. The third-order valence-corrected chi connectivity index (χ3v) is 3.70. The van der Waals surface area contributed by atoms with E-state index in [1.807, 2.05) is 0 Å². The highest BCUT2D eigenvalue weighted by Crippen LogP contribution is 2.23. The number of hydrogen-bond acceptors (Lipinski definition) is 4. The third-order valence-electron chi connectivity index (χ3n) is 1.87. The SMILES string of the molecule is Cc1ccc(CSc2nsc(Cl)n2)cc1. The highest BCUT2D eigenvalue weighted by atomic mass is 35.5. The van der Waals surface area contributed by atoms with Crippen LogP contribution in [-0.4, -0.2) is 9.36 Å². The van der Waals surface area contributed by atoms with E-state index >= 15 is 0 Å². The summed E-state index contributed by atoms with van der Waals surface area (Å²) < 4.78 is 4.61. The number of rotatable bonds is 3. The fourth-order valence-corrected chi connectivity index (χ4v) is 2.66. The first-order chi connectivity index (χ1) is 7.24. The number of aromatic nitrogens is 2. The number of halogens is 1. The predicted molar refractivity (Wildman–Crippen MR) is 65.7 cm³/mol. The van der Waals surface area contributed by atoms with Crippen LogP contribution in [0.2, 0.25) is 4.47 Å². The maximum atomic E-state index is 5.69. The lowest BCUT2D eigenvalue weighted by Gasteiger charge is -1.98. The second-order valence-corrected chi connectivity index (χ2v) is 5.38. The Morgan fingerprint density at radius 3 is 2.67 bits per heavy atom. The smallest absolute Gasteiger partial charge is 0.198 e. The zero-order chi connectivity index (χ0) is 10.7. The van der Waals surface area contributed by atoms with Crippen molar-refractivity contribution in [2.75, 3.05) is 0 Å². The minimum atomic E-state index is 0.501. The first-order valence-corrected chi connectivity index (χ1v) is 6.55. The summed E-state index contributed by atoms with van der Waals surface area (Å²) in [5, 5.41) is 0.755. The van der Waals surface area contributed by atoms with Crippen LogP contribution in [0.25, 0.3) is 0 Å². The van der Waals surface area contributed by atoms with Crippen molar-refractivity contribution in [2.24, 2.45) is 0 Å². The van der Waals surface area contributed by atoms with Gasteiger partial charge in [0.25, 0.3) is 0 Å². The van der Waals surface area contributed by atoms with E-state index < -0.39 is 0 Å². The Hall–Kier alpha value is -0.580. The van der Waals surface area contributed by atoms with Gasteiger partial charge in [-0.1, -0.05) is 41.6 Å². The molecule has 0 amide bonds. The molecule has 0 atom stereocenters. The second kappa shape index (κ2) is 4.96. The van der Waals surface area contributed by atoms with E-state index in [0.717, 1.165) is 10.9 Å². The fourth-order valence-electron chi connectivity index (χ4n) is 1.08. The number of hydrogen-bond donors (Lipinski definition) is 0. The normalized spacial score (nSPS) is 10.5. The van der Waals surface area contributed by atoms with Gasteiger partial charge in [0.2, 0.25) is 9.62 Å². The number of thioether (sulfide) groups is 1. The minimum Gasteiger partial charge on any atom is -0.198 e. The Kier molecular flexibility index (Phi) is 3.61. The van der Waals surface area contributed by atoms with Gasteiger partial charge in [-0.05, 0) is 35.6 Å². The Morgan fingerprint density at radius 2 is 2.07 bits per heavy atom. The molecule has 0 saturated carbocycles. The van der Waals surface area contributed by atoms with E-state index in [0.29, 0.717) is 4.47 Å². The monoisotopic (exact) mass is 256 g/mol. The van der Waals surface area contributed by atoms with Crippen molar-refractivity contribution in [3.05, 3.63) is 39.9 Å². The molecule has 2 nitrogen and oxygen atoms in total. The molecule has 1 heterocycles. The van der Waals surface area contributed by atoms with E-state index in [-0.39, 0.29) is 0 Å². The molecule has 5 heteroatoms. The second-order valence-electron chi connectivity index (χ2n) is 3.10. The number of aryl methyl sites for hydroxylation is 1. The van der Waals surface area contributed by atoms with Crippen molar-refractivity contribution >= 4 is 34.9 Å². The maximum absolute atomic E-state index is 5.69. The van der Waals surface area contributed by atoms with Gasteiger partial charge < -0.3 is 0 Å². The van der Waals surface area contributed by atoms with Gasteiger partial charge in [0.15, 0.2) is 0 Å². The summed E-state index contributed by atoms with van der Waals surface area (Å²) in [6.07, 6.45) is 0. The zero-order valence-corrected chi connectivity index (χ0v) is 10.5. The molecule has 0 saturated heterocycles. The quantitative estimate of drug-likeness (QED) is 0.782. The Labute approximate surface area is 102 Å². The van der Waals surface area contributed by atoms with Gasteiger partial charge in [-0.15, -0.1) is 0 Å². The minimum absolute atomic E-state index is 0.501. The molecular weight excluding hydrogens is 248 g/mol. The van der Waals surface area contributed by atoms with Crippen LogP contribution in [0.3, 0.4) is 0 Å². The zero-order valence-electron chi connectivity index (χ0n) is 8.11. The van der Waals surface area contributed by atoms with Gasteiger partial charge in [0, 0.05) is 5.75 Å². The Morgan fingerprint density at radius 1 is 1.33 bits per heavy atom. The van der Waals surface area contributed by atoms with Crippen LogP contribution in [0, 0.1) is 6.92 Å². The molecule has 0 bridgehead atoms. The summed E-state index contributed by atoms with van der Waals surface area (Å²) in [6, 6.07) is 8.46. The molecule has 2 rings (SSSR count). The summed E-state index contributed by atoms with van der Waals surface area (Å²) in [5.41, 5.74) is 2.55. The molecule has 0 radical (unpaired) electrons. The lowest BCUT2D eigenvalue weighted by molar-refractivity contribution is 1.08. The fraction of sp³-hybridized carbons (Fsp3) is 0.200. The molecule has 0 spiro atoms. The van der Waals surface area contributed by atoms with Gasteiger partial charge in [-0.3, -0.25) is 0 Å². The van der Waals surface area contributed by atoms with Crippen LogP contribution < -0.4 is 0 Å². The highest BCUT2D eigenvalue weighted by Gasteiger charge is 2.02. The molecule has 2 aromatic rings. The molecule has 0 N–H and O–H groups in total. The lowest BCUT2D eigenvalue weighted by atomic mass is 10.2. The average Bonchev–Trinajstić information content (AvgIpc) is 2.64. The highest BCUT2D eigenvalue weighted by molar-refractivity contribution is 7.98. The van der Waals surface area contributed by atoms with Gasteiger partial charge in [0.05, 0.1) is 0 Å². The third kappa shape index (κ3) is 3.19. The van der Waals surface area contributed by atoms with E-state index in [4.69, 9.17) is 11.6 Å². The molecule has 0 aliphatic carbocycles. The van der Waals surface area contributed by atoms with Crippen LogP contribution in [-0.2, 0) is 5.75 Å². The Balaban J connectivity index is 1.96. The van der Waals surface area contributed by atoms with E-state index in [1.54, 1.807) is 11.8 Å². The lowest BCUT2D eigenvalue weighted by Crippen LogP contribution is -1.82. The van der Waals surface area contributed by atoms with E-state index in [2.05, 4.69) is 40.5 Å². The van der Waals surface area contributed by atoms with Crippen LogP contribution in [0.4, 0.5) is 0 Å². The van der Waals surface area contributed by atoms with E-state index in [1.165, 1.54) is 22.7 Å². The summed E-state index contributed by atoms with van der Waals surface area (Å²) >= 11 is 8.52. The first kappa shape index (κ1) is 10.9. The molecule has 0 aliphatic rings. The number of benzene rings is 1. The van der Waals surface area contributed by atoms with Crippen molar-refractivity contribution in [2.45, 2.75) is 17.8 Å². The topological polar surface area (TPSA) is 25.8 Å². The van der Waals surface area contributed by atoms with Crippen molar-refractivity contribution in [1.29, 1.82) is 0 Å². The summed E-state index contributed by atoms with van der Waals surface area (Å²) in [6.45, 7) is 2.08. The molecule has 1 aromatic heterocycles. The van der Waals surface area contributed by atoms with E-state index in [9.17, 15) is 0 Å². The molecule has 1 aromatic carbocycles. The van der Waals surface area contributed by atoms with Gasteiger partial charge >= 0.3 is 0 Å². The molecule has 78 valence electrons. The molecule has 0 fully saturated rings.